The van der Waals surface area contributed by atoms with Crippen molar-refractivity contribution in [3.8, 4) is 5.75 Å². The number of anilines is 2. The fraction of sp³-hybridized carbons (Fsp3) is 0.235. The molecule has 1 aliphatic heterocycles. The number of amides is 1. The monoisotopic (exact) mass is 346 g/mol. The normalized spacial score (nSPS) is 13.5. The largest absolute Gasteiger partial charge is 0.495 e. The van der Waals surface area contributed by atoms with Crippen molar-refractivity contribution >= 4 is 27.3 Å². The maximum absolute atomic E-state index is 12.6. The number of carbonyl (C=O) groups is 1. The second-order valence-electron chi connectivity index (χ2n) is 5.52. The molecule has 1 N–H and O–H groups in total. The van der Waals surface area contributed by atoms with E-state index < -0.39 is 10.0 Å². The van der Waals surface area contributed by atoms with Crippen molar-refractivity contribution in [3.63, 3.8) is 0 Å². The summed E-state index contributed by atoms with van der Waals surface area (Å²) >= 11 is 0. The number of carbonyl (C=O) groups excluding carboxylic acids is 1. The van der Waals surface area contributed by atoms with E-state index in [0.29, 0.717) is 24.4 Å². The van der Waals surface area contributed by atoms with E-state index in [9.17, 15) is 13.2 Å². The fourth-order valence-electron chi connectivity index (χ4n) is 2.81. The van der Waals surface area contributed by atoms with Crippen molar-refractivity contribution < 1.29 is 17.9 Å². The van der Waals surface area contributed by atoms with Crippen LogP contribution in [0.2, 0.25) is 0 Å². The summed E-state index contributed by atoms with van der Waals surface area (Å²) in [6.07, 6.45) is 0.646. The number of ether oxygens (including phenoxy) is 1. The lowest BCUT2D eigenvalue weighted by molar-refractivity contribution is -0.116. The number of methoxy groups -OCH3 is 1. The second kappa shape index (κ2) is 6.16. The lowest BCUT2D eigenvalue weighted by Crippen LogP contribution is -2.25. The number of fused-ring (bicyclic) bond motifs is 1. The molecule has 0 saturated heterocycles. The highest BCUT2D eigenvalue weighted by atomic mass is 32.2. The van der Waals surface area contributed by atoms with Gasteiger partial charge in [0, 0.05) is 19.2 Å². The summed E-state index contributed by atoms with van der Waals surface area (Å²) in [7, 11) is -2.25. The van der Waals surface area contributed by atoms with Crippen LogP contribution in [0, 0.1) is 0 Å². The first kappa shape index (κ1) is 16.3. The lowest BCUT2D eigenvalue weighted by atomic mass is 10.2. The second-order valence-corrected chi connectivity index (χ2v) is 7.20. The van der Waals surface area contributed by atoms with Gasteiger partial charge in [0.15, 0.2) is 0 Å². The van der Waals surface area contributed by atoms with E-state index in [1.165, 1.54) is 20.1 Å². The molecule has 1 amide bonds. The SMILES string of the molecule is COc1ccccc1NS(=O)(=O)c1ccc2c(c1)CCN2C(C)=O. The average molecular weight is 346 g/mol. The minimum Gasteiger partial charge on any atom is -0.495 e. The number of hydrogen-bond donors (Lipinski definition) is 1. The predicted molar refractivity (Wildman–Crippen MR) is 92.0 cm³/mol. The van der Waals surface area contributed by atoms with Gasteiger partial charge in [-0.15, -0.1) is 0 Å². The molecule has 0 fully saturated rings. The quantitative estimate of drug-likeness (QED) is 0.922. The summed E-state index contributed by atoms with van der Waals surface area (Å²) in [5, 5.41) is 0. The van der Waals surface area contributed by atoms with E-state index in [2.05, 4.69) is 4.72 Å². The molecule has 6 nitrogen and oxygen atoms in total. The molecule has 0 unspecified atom stereocenters. The first-order chi connectivity index (χ1) is 11.4. The van der Waals surface area contributed by atoms with Crippen molar-refractivity contribution in [2.75, 3.05) is 23.3 Å². The lowest BCUT2D eigenvalue weighted by Gasteiger charge is -2.15. The summed E-state index contributed by atoms with van der Waals surface area (Å²) in [5.41, 5.74) is 2.01. The van der Waals surface area contributed by atoms with Crippen LogP contribution in [0.4, 0.5) is 11.4 Å². The number of sulfonamides is 1. The Hall–Kier alpha value is -2.54. The molecule has 0 atom stereocenters. The Labute approximate surface area is 141 Å². The molecule has 0 aromatic heterocycles. The maximum atomic E-state index is 12.6. The number of benzene rings is 2. The zero-order valence-corrected chi connectivity index (χ0v) is 14.3. The van der Waals surface area contributed by atoms with E-state index in [0.717, 1.165) is 11.3 Å². The van der Waals surface area contributed by atoms with Crippen LogP contribution in [0.3, 0.4) is 0 Å². The van der Waals surface area contributed by atoms with Crippen molar-refractivity contribution in [2.45, 2.75) is 18.2 Å². The Morgan fingerprint density at radius 2 is 1.96 bits per heavy atom. The fourth-order valence-corrected chi connectivity index (χ4v) is 3.93. The molecular formula is C17H18N2O4S. The third kappa shape index (κ3) is 2.94. The molecule has 0 saturated carbocycles. The third-order valence-corrected chi connectivity index (χ3v) is 5.35. The van der Waals surface area contributed by atoms with E-state index in [1.807, 2.05) is 0 Å². The van der Waals surface area contributed by atoms with Crippen LogP contribution in [-0.4, -0.2) is 28.0 Å². The molecular weight excluding hydrogens is 328 g/mol. The molecule has 1 aliphatic rings. The van der Waals surface area contributed by atoms with Gasteiger partial charge in [0.1, 0.15) is 5.75 Å². The Balaban J connectivity index is 1.93. The van der Waals surface area contributed by atoms with Crippen molar-refractivity contribution in [2.24, 2.45) is 0 Å². The molecule has 0 bridgehead atoms. The molecule has 2 aromatic carbocycles. The number of nitrogens with one attached hydrogen (secondary N) is 1. The minimum atomic E-state index is -3.74. The van der Waals surface area contributed by atoms with E-state index in [4.69, 9.17) is 4.74 Å². The van der Waals surface area contributed by atoms with Gasteiger partial charge in [-0.2, -0.15) is 0 Å². The predicted octanol–water partition coefficient (Wildman–Crippen LogP) is 2.41. The van der Waals surface area contributed by atoms with Crippen LogP contribution < -0.4 is 14.4 Å². The highest BCUT2D eigenvalue weighted by molar-refractivity contribution is 7.92. The van der Waals surface area contributed by atoms with Crippen LogP contribution in [0.15, 0.2) is 47.4 Å². The summed E-state index contributed by atoms with van der Waals surface area (Å²) in [5.74, 6) is 0.404. The molecule has 0 spiro atoms. The standard InChI is InChI=1S/C17H18N2O4S/c1-12(20)19-10-9-13-11-14(7-8-16(13)19)24(21,22)18-15-5-3-4-6-17(15)23-2/h3-8,11,18H,9-10H2,1-2H3. The molecule has 0 aliphatic carbocycles. The highest BCUT2D eigenvalue weighted by Crippen LogP contribution is 2.32. The van der Waals surface area contributed by atoms with Gasteiger partial charge < -0.3 is 9.64 Å². The zero-order valence-electron chi connectivity index (χ0n) is 13.4. The van der Waals surface area contributed by atoms with Gasteiger partial charge in [-0.1, -0.05) is 12.1 Å². The van der Waals surface area contributed by atoms with Gasteiger partial charge in [0.25, 0.3) is 10.0 Å². The van der Waals surface area contributed by atoms with E-state index >= 15 is 0 Å². The van der Waals surface area contributed by atoms with Crippen LogP contribution in [0.1, 0.15) is 12.5 Å². The molecule has 3 rings (SSSR count). The van der Waals surface area contributed by atoms with E-state index in [1.54, 1.807) is 41.3 Å². The Morgan fingerprint density at radius 1 is 1.21 bits per heavy atom. The molecule has 0 radical (unpaired) electrons. The van der Waals surface area contributed by atoms with Crippen molar-refractivity contribution in [3.05, 3.63) is 48.0 Å². The summed E-state index contributed by atoms with van der Waals surface area (Å²) < 4.78 is 33.0. The Bertz CT molecular complexity index is 893. The molecule has 24 heavy (non-hydrogen) atoms. The van der Waals surface area contributed by atoms with Crippen LogP contribution in [0.25, 0.3) is 0 Å². The minimum absolute atomic E-state index is 0.0449. The van der Waals surface area contributed by atoms with Crippen LogP contribution >= 0.6 is 0 Å². The zero-order chi connectivity index (χ0) is 17.3. The maximum Gasteiger partial charge on any atom is 0.262 e. The third-order valence-electron chi connectivity index (χ3n) is 3.99. The number of rotatable bonds is 4. The van der Waals surface area contributed by atoms with Gasteiger partial charge in [0.05, 0.1) is 17.7 Å². The molecule has 1 heterocycles. The molecule has 7 heteroatoms. The smallest absolute Gasteiger partial charge is 0.262 e. The summed E-state index contributed by atoms with van der Waals surface area (Å²) in [6.45, 7) is 2.08. The number of hydrogen-bond acceptors (Lipinski definition) is 4. The first-order valence-electron chi connectivity index (χ1n) is 7.49. The summed E-state index contributed by atoms with van der Waals surface area (Å²) in [6, 6.07) is 11.6. The van der Waals surface area contributed by atoms with Crippen LogP contribution in [-0.2, 0) is 21.2 Å². The van der Waals surface area contributed by atoms with Gasteiger partial charge in [-0.3, -0.25) is 9.52 Å². The van der Waals surface area contributed by atoms with Crippen molar-refractivity contribution in [1.82, 2.24) is 0 Å². The topological polar surface area (TPSA) is 75.7 Å². The Morgan fingerprint density at radius 3 is 2.67 bits per heavy atom. The van der Waals surface area contributed by atoms with Gasteiger partial charge in [-0.25, -0.2) is 8.42 Å². The van der Waals surface area contributed by atoms with Crippen molar-refractivity contribution in [1.29, 1.82) is 0 Å². The Kier molecular flexibility index (Phi) is 4.19. The van der Waals surface area contributed by atoms with Gasteiger partial charge in [0.2, 0.25) is 5.91 Å². The van der Waals surface area contributed by atoms with Crippen LogP contribution in [0.5, 0.6) is 5.75 Å². The summed E-state index contributed by atoms with van der Waals surface area (Å²) in [4.78, 5) is 13.4. The average Bonchev–Trinajstić information content (AvgIpc) is 2.98. The van der Waals surface area contributed by atoms with E-state index in [-0.39, 0.29) is 10.8 Å². The highest BCUT2D eigenvalue weighted by Gasteiger charge is 2.25. The number of nitrogens with zero attached hydrogens (tertiary/aromatic N) is 1. The molecule has 126 valence electrons. The van der Waals surface area contributed by atoms with Gasteiger partial charge >= 0.3 is 0 Å². The first-order valence-corrected chi connectivity index (χ1v) is 8.97. The molecule has 2 aromatic rings. The van der Waals surface area contributed by atoms with Gasteiger partial charge in [-0.05, 0) is 42.3 Å². The number of para-hydroxylation sites is 2.